The van der Waals surface area contributed by atoms with Crippen LogP contribution in [0.2, 0.25) is 0 Å². The summed E-state index contributed by atoms with van der Waals surface area (Å²) in [6.07, 6.45) is 3.98. The second kappa shape index (κ2) is 3.86. The van der Waals surface area contributed by atoms with E-state index in [1.54, 1.807) is 12.4 Å². The van der Waals surface area contributed by atoms with Gasteiger partial charge in [0.15, 0.2) is 0 Å². The van der Waals surface area contributed by atoms with Gasteiger partial charge in [0.25, 0.3) is 10.2 Å². The molecule has 0 fully saturated rings. The number of rotatable bonds is 4. The van der Waals surface area contributed by atoms with Crippen LogP contribution in [-0.4, -0.2) is 24.5 Å². The van der Waals surface area contributed by atoms with Crippen molar-refractivity contribution in [2.45, 2.75) is 6.42 Å². The number of aromatic nitrogens is 2. The first kappa shape index (κ1) is 10.2. The Kier molecular flexibility index (Phi) is 3.02. The number of imidazole rings is 1. The Hall–Kier alpha value is -0.920. The zero-order chi connectivity index (χ0) is 9.90. The third-order valence-corrected chi connectivity index (χ3v) is 2.18. The second-order valence-corrected chi connectivity index (χ2v) is 4.02. The van der Waals surface area contributed by atoms with Crippen LogP contribution in [0, 0.1) is 0 Å². The predicted octanol–water partition coefficient (Wildman–Crippen LogP) is -1.24. The molecule has 0 atom stereocenters. The van der Waals surface area contributed by atoms with Crippen molar-refractivity contribution < 1.29 is 8.42 Å². The molecule has 0 bridgehead atoms. The molecule has 0 spiro atoms. The lowest BCUT2D eigenvalue weighted by molar-refractivity contribution is 0.582. The van der Waals surface area contributed by atoms with Crippen molar-refractivity contribution in [2.75, 3.05) is 6.54 Å². The van der Waals surface area contributed by atoms with Gasteiger partial charge in [0, 0.05) is 32.4 Å². The number of nitrogens with zero attached hydrogens (tertiary/aromatic N) is 2. The summed E-state index contributed by atoms with van der Waals surface area (Å²) in [7, 11) is -1.73. The van der Waals surface area contributed by atoms with Crippen LogP contribution in [0.15, 0.2) is 12.4 Å². The quantitative estimate of drug-likeness (QED) is 0.642. The van der Waals surface area contributed by atoms with Gasteiger partial charge in [0.1, 0.15) is 5.82 Å². The first-order valence-electron chi connectivity index (χ1n) is 3.72. The number of nitrogens with two attached hydrogens (primary N) is 1. The Labute approximate surface area is 77.0 Å². The van der Waals surface area contributed by atoms with Gasteiger partial charge in [-0.15, -0.1) is 0 Å². The highest BCUT2D eigenvalue weighted by Gasteiger charge is 2.02. The Morgan fingerprint density at radius 1 is 1.69 bits per heavy atom. The minimum atomic E-state index is -3.58. The number of hydrogen-bond donors (Lipinski definition) is 2. The van der Waals surface area contributed by atoms with Crippen LogP contribution in [0.25, 0.3) is 0 Å². The van der Waals surface area contributed by atoms with E-state index < -0.39 is 10.2 Å². The maximum atomic E-state index is 10.5. The van der Waals surface area contributed by atoms with Gasteiger partial charge in [0.05, 0.1) is 0 Å². The van der Waals surface area contributed by atoms with E-state index in [4.69, 9.17) is 5.14 Å². The molecule has 0 saturated heterocycles. The Balaban J connectivity index is 2.41. The minimum Gasteiger partial charge on any atom is -0.338 e. The van der Waals surface area contributed by atoms with Crippen LogP contribution in [0.5, 0.6) is 0 Å². The topological polar surface area (TPSA) is 90.0 Å². The molecule has 0 aliphatic carbocycles. The number of hydrogen-bond acceptors (Lipinski definition) is 3. The standard InChI is InChI=1S/C6H12N4O2S/c1-10-5-4-8-6(10)2-3-9-13(7,11)12/h4-5,9H,2-3H2,1H3,(H2,7,11,12). The van der Waals surface area contributed by atoms with Crippen molar-refractivity contribution in [1.82, 2.24) is 14.3 Å². The Bertz CT molecular complexity index is 370. The largest absolute Gasteiger partial charge is 0.338 e. The smallest absolute Gasteiger partial charge is 0.274 e. The molecule has 0 aliphatic heterocycles. The van der Waals surface area contributed by atoms with Crippen molar-refractivity contribution in [3.8, 4) is 0 Å². The molecule has 1 rings (SSSR count). The molecule has 1 heterocycles. The molecule has 74 valence electrons. The average Bonchev–Trinajstić information content (AvgIpc) is 2.34. The number of aryl methyl sites for hydroxylation is 1. The summed E-state index contributed by atoms with van der Waals surface area (Å²) in [4.78, 5) is 4.02. The highest BCUT2D eigenvalue weighted by atomic mass is 32.2. The second-order valence-electron chi connectivity index (χ2n) is 2.64. The molecule has 0 aromatic carbocycles. The van der Waals surface area contributed by atoms with Gasteiger partial charge in [0.2, 0.25) is 0 Å². The summed E-state index contributed by atoms with van der Waals surface area (Å²) in [5, 5.41) is 4.75. The van der Waals surface area contributed by atoms with Crippen LogP contribution < -0.4 is 9.86 Å². The molecule has 7 heteroatoms. The van der Waals surface area contributed by atoms with Gasteiger partial charge in [-0.1, -0.05) is 0 Å². The lowest BCUT2D eigenvalue weighted by Crippen LogP contribution is -2.32. The first-order chi connectivity index (χ1) is 5.99. The van der Waals surface area contributed by atoms with Crippen molar-refractivity contribution in [3.63, 3.8) is 0 Å². The molecule has 0 saturated carbocycles. The molecule has 6 nitrogen and oxygen atoms in total. The molecule has 1 aromatic heterocycles. The van der Waals surface area contributed by atoms with Gasteiger partial charge in [-0.25, -0.2) is 14.8 Å². The minimum absolute atomic E-state index is 0.268. The molecule has 0 amide bonds. The van der Waals surface area contributed by atoms with Crippen LogP contribution in [0.3, 0.4) is 0 Å². The fourth-order valence-corrected chi connectivity index (χ4v) is 1.33. The fourth-order valence-electron chi connectivity index (χ4n) is 0.942. The fraction of sp³-hybridized carbons (Fsp3) is 0.500. The van der Waals surface area contributed by atoms with E-state index in [1.165, 1.54) is 0 Å². The first-order valence-corrected chi connectivity index (χ1v) is 5.27. The van der Waals surface area contributed by atoms with Gasteiger partial charge in [-0.3, -0.25) is 0 Å². The maximum Gasteiger partial charge on any atom is 0.274 e. The van der Waals surface area contributed by atoms with Gasteiger partial charge >= 0.3 is 0 Å². The van der Waals surface area contributed by atoms with E-state index in [0.717, 1.165) is 5.82 Å². The van der Waals surface area contributed by atoms with E-state index in [0.29, 0.717) is 6.42 Å². The van der Waals surface area contributed by atoms with Crippen molar-refractivity contribution in [2.24, 2.45) is 12.2 Å². The predicted molar refractivity (Wildman–Crippen MR) is 48.0 cm³/mol. The molecule has 0 radical (unpaired) electrons. The molecular formula is C6H12N4O2S. The van der Waals surface area contributed by atoms with Gasteiger partial charge in [-0.05, 0) is 0 Å². The lowest BCUT2D eigenvalue weighted by atomic mass is 10.4. The van der Waals surface area contributed by atoms with E-state index in [9.17, 15) is 8.42 Å². The van der Waals surface area contributed by atoms with Gasteiger partial charge < -0.3 is 4.57 Å². The van der Waals surface area contributed by atoms with Crippen molar-refractivity contribution >= 4 is 10.2 Å². The average molecular weight is 204 g/mol. The normalized spacial score (nSPS) is 11.8. The summed E-state index contributed by atoms with van der Waals surface area (Å²) in [5.74, 6) is 0.816. The van der Waals surface area contributed by atoms with E-state index >= 15 is 0 Å². The summed E-state index contributed by atoms with van der Waals surface area (Å²) in [6, 6.07) is 0. The van der Waals surface area contributed by atoms with E-state index in [2.05, 4.69) is 9.71 Å². The third-order valence-electron chi connectivity index (χ3n) is 1.57. The zero-order valence-corrected chi connectivity index (χ0v) is 8.08. The summed E-state index contributed by atoms with van der Waals surface area (Å²) < 4.78 is 25.0. The summed E-state index contributed by atoms with van der Waals surface area (Å²) in [5.41, 5.74) is 0. The van der Waals surface area contributed by atoms with Crippen molar-refractivity contribution in [3.05, 3.63) is 18.2 Å². The lowest BCUT2D eigenvalue weighted by Gasteiger charge is -2.01. The van der Waals surface area contributed by atoms with E-state index in [-0.39, 0.29) is 6.54 Å². The zero-order valence-electron chi connectivity index (χ0n) is 7.27. The van der Waals surface area contributed by atoms with Crippen LogP contribution >= 0.6 is 0 Å². The van der Waals surface area contributed by atoms with E-state index in [1.807, 2.05) is 11.6 Å². The maximum absolute atomic E-state index is 10.5. The highest BCUT2D eigenvalue weighted by Crippen LogP contribution is 1.93. The van der Waals surface area contributed by atoms with Crippen LogP contribution in [-0.2, 0) is 23.7 Å². The monoisotopic (exact) mass is 204 g/mol. The molecular weight excluding hydrogens is 192 g/mol. The van der Waals surface area contributed by atoms with Crippen LogP contribution in [0.1, 0.15) is 5.82 Å². The van der Waals surface area contributed by atoms with Gasteiger partial charge in [-0.2, -0.15) is 8.42 Å². The molecule has 0 unspecified atom stereocenters. The summed E-state index contributed by atoms with van der Waals surface area (Å²) >= 11 is 0. The highest BCUT2D eigenvalue weighted by molar-refractivity contribution is 7.87. The molecule has 0 aliphatic rings. The molecule has 13 heavy (non-hydrogen) atoms. The molecule has 3 N–H and O–H groups in total. The number of nitrogens with one attached hydrogen (secondary N) is 1. The Morgan fingerprint density at radius 3 is 2.85 bits per heavy atom. The SMILES string of the molecule is Cn1ccnc1CCNS(N)(=O)=O. The third kappa shape index (κ3) is 3.53. The van der Waals surface area contributed by atoms with Crippen LogP contribution in [0.4, 0.5) is 0 Å². The van der Waals surface area contributed by atoms with Crippen molar-refractivity contribution in [1.29, 1.82) is 0 Å². The summed E-state index contributed by atoms with van der Waals surface area (Å²) in [6.45, 7) is 0.268. The molecule has 1 aromatic rings. The Morgan fingerprint density at radius 2 is 2.38 bits per heavy atom.